The Balaban J connectivity index is 1.57. The third kappa shape index (κ3) is 2.91. The molecule has 4 rings (SSSR count). The number of furan rings is 1. The highest BCUT2D eigenvalue weighted by atomic mass is 16.3. The van der Waals surface area contributed by atoms with Gasteiger partial charge in [0.1, 0.15) is 5.76 Å². The number of hydrogen-bond acceptors (Lipinski definition) is 4. The van der Waals surface area contributed by atoms with Crippen LogP contribution in [-0.4, -0.2) is 33.5 Å². The zero-order valence-corrected chi connectivity index (χ0v) is 15.1. The van der Waals surface area contributed by atoms with E-state index in [1.807, 2.05) is 19.3 Å². The highest BCUT2D eigenvalue weighted by Gasteiger charge is 2.40. The third-order valence-electron chi connectivity index (χ3n) is 5.63. The van der Waals surface area contributed by atoms with Crippen LogP contribution in [0.3, 0.4) is 0 Å². The molecule has 1 aliphatic carbocycles. The van der Waals surface area contributed by atoms with Gasteiger partial charge in [0.25, 0.3) is 0 Å². The van der Waals surface area contributed by atoms with Crippen molar-refractivity contribution in [3.05, 3.63) is 41.6 Å². The molecule has 0 unspecified atom stereocenters. The number of aromatic nitrogens is 2. The van der Waals surface area contributed by atoms with Gasteiger partial charge >= 0.3 is 0 Å². The van der Waals surface area contributed by atoms with Gasteiger partial charge in [0.15, 0.2) is 0 Å². The predicted molar refractivity (Wildman–Crippen MR) is 94.0 cm³/mol. The van der Waals surface area contributed by atoms with Crippen molar-refractivity contribution in [2.75, 3.05) is 7.05 Å². The Morgan fingerprint density at radius 2 is 2.15 bits per heavy atom. The minimum Gasteiger partial charge on any atom is -0.469 e. The number of likely N-dealkylation sites (tertiary alicyclic amines) is 1. The fourth-order valence-electron chi connectivity index (χ4n) is 4.28. The van der Waals surface area contributed by atoms with Gasteiger partial charge in [-0.3, -0.25) is 14.3 Å². The van der Waals surface area contributed by atoms with E-state index in [0.717, 1.165) is 36.1 Å². The lowest BCUT2D eigenvalue weighted by Gasteiger charge is -2.38. The minimum absolute atomic E-state index is 0.00254. The van der Waals surface area contributed by atoms with E-state index in [0.29, 0.717) is 12.8 Å². The van der Waals surface area contributed by atoms with E-state index in [1.165, 1.54) is 0 Å². The van der Waals surface area contributed by atoms with Gasteiger partial charge in [0.2, 0.25) is 11.8 Å². The highest BCUT2D eigenvalue weighted by molar-refractivity contribution is 5.85. The van der Waals surface area contributed by atoms with Crippen LogP contribution in [0.25, 0.3) is 0 Å². The molecule has 1 N–H and O–H groups in total. The topological polar surface area (TPSA) is 80.4 Å². The third-order valence-corrected chi connectivity index (χ3v) is 5.63. The number of carbonyl (C=O) groups is 2. The monoisotopic (exact) mass is 356 g/mol. The summed E-state index contributed by atoms with van der Waals surface area (Å²) >= 11 is 0. The van der Waals surface area contributed by atoms with Crippen LogP contribution in [0.5, 0.6) is 0 Å². The molecular weight excluding hydrogens is 332 g/mol. The first-order valence-corrected chi connectivity index (χ1v) is 9.15. The number of fused-ring (bicyclic) bond motifs is 1. The van der Waals surface area contributed by atoms with Gasteiger partial charge in [0.05, 0.1) is 30.5 Å². The smallest absolute Gasteiger partial charge is 0.226 e. The first-order chi connectivity index (χ1) is 12.5. The van der Waals surface area contributed by atoms with Crippen molar-refractivity contribution in [1.82, 2.24) is 20.0 Å². The summed E-state index contributed by atoms with van der Waals surface area (Å²) < 4.78 is 7.23. The van der Waals surface area contributed by atoms with E-state index in [-0.39, 0.29) is 29.8 Å². The zero-order chi connectivity index (χ0) is 18.3. The summed E-state index contributed by atoms with van der Waals surface area (Å²) in [4.78, 5) is 27.0. The maximum atomic E-state index is 13.1. The fraction of sp³-hybridized carbons (Fsp3) is 0.526. The number of carbonyl (C=O) groups excluding carboxylic acids is 2. The summed E-state index contributed by atoms with van der Waals surface area (Å²) in [6, 6.07) is 1.66. The Labute approximate surface area is 152 Å². The van der Waals surface area contributed by atoms with Crippen molar-refractivity contribution in [1.29, 1.82) is 0 Å². The molecule has 138 valence electrons. The molecule has 1 aliphatic heterocycles. The summed E-state index contributed by atoms with van der Waals surface area (Å²) in [5, 5.41) is 7.43. The Hall–Kier alpha value is -2.57. The normalized spacial score (nSPS) is 25.8. The lowest BCUT2D eigenvalue weighted by molar-refractivity contribution is -0.142. The maximum Gasteiger partial charge on any atom is 0.226 e. The lowest BCUT2D eigenvalue weighted by atomic mass is 9.84. The van der Waals surface area contributed by atoms with E-state index in [9.17, 15) is 9.59 Å². The van der Waals surface area contributed by atoms with E-state index >= 15 is 0 Å². The molecular formula is C19H24N4O3. The molecule has 2 aromatic rings. The zero-order valence-electron chi connectivity index (χ0n) is 15.1. The summed E-state index contributed by atoms with van der Waals surface area (Å²) in [6.45, 7) is 0. The molecule has 1 saturated heterocycles. The second-order valence-electron chi connectivity index (χ2n) is 7.29. The van der Waals surface area contributed by atoms with E-state index in [1.54, 1.807) is 29.1 Å². The van der Waals surface area contributed by atoms with Crippen LogP contribution in [0, 0.1) is 5.92 Å². The van der Waals surface area contributed by atoms with Gasteiger partial charge in [-0.1, -0.05) is 0 Å². The van der Waals surface area contributed by atoms with Gasteiger partial charge in [-0.05, 0) is 25.3 Å². The van der Waals surface area contributed by atoms with E-state index < -0.39 is 0 Å². The van der Waals surface area contributed by atoms with Crippen molar-refractivity contribution in [2.45, 2.75) is 44.2 Å². The van der Waals surface area contributed by atoms with Crippen molar-refractivity contribution in [3.8, 4) is 0 Å². The summed E-state index contributed by atoms with van der Waals surface area (Å²) in [5.74, 6) is 0.760. The van der Waals surface area contributed by atoms with Crippen molar-refractivity contribution >= 4 is 11.8 Å². The quantitative estimate of drug-likeness (QED) is 0.913. The molecule has 2 amide bonds. The summed E-state index contributed by atoms with van der Waals surface area (Å²) in [7, 11) is 3.61. The molecule has 2 aromatic heterocycles. The van der Waals surface area contributed by atoms with Gasteiger partial charge < -0.3 is 14.6 Å². The lowest BCUT2D eigenvalue weighted by Crippen LogP contribution is -2.47. The molecule has 0 radical (unpaired) electrons. The number of rotatable bonds is 3. The van der Waals surface area contributed by atoms with Gasteiger partial charge in [-0.2, -0.15) is 5.10 Å². The molecule has 0 saturated carbocycles. The van der Waals surface area contributed by atoms with Crippen LogP contribution in [0.2, 0.25) is 0 Å². The van der Waals surface area contributed by atoms with Crippen LogP contribution in [-0.2, 0) is 23.1 Å². The Morgan fingerprint density at radius 3 is 2.92 bits per heavy atom. The van der Waals surface area contributed by atoms with Crippen LogP contribution in [0.1, 0.15) is 54.7 Å². The Bertz CT molecular complexity index is 824. The Kier molecular flexibility index (Phi) is 4.30. The first-order valence-electron chi connectivity index (χ1n) is 9.15. The first kappa shape index (κ1) is 16.9. The number of nitrogens with zero attached hydrogens (tertiary/aromatic N) is 3. The summed E-state index contributed by atoms with van der Waals surface area (Å²) in [5.41, 5.74) is 1.98. The average molecular weight is 356 g/mol. The average Bonchev–Trinajstić information content (AvgIpc) is 3.26. The van der Waals surface area contributed by atoms with Crippen molar-refractivity contribution in [2.24, 2.45) is 13.0 Å². The van der Waals surface area contributed by atoms with Crippen LogP contribution < -0.4 is 5.32 Å². The summed E-state index contributed by atoms with van der Waals surface area (Å²) in [6.07, 6.45) is 9.11. The number of amides is 2. The molecule has 2 aliphatic rings. The number of piperidine rings is 1. The molecule has 3 heterocycles. The molecule has 3 atom stereocenters. The van der Waals surface area contributed by atoms with Crippen LogP contribution in [0.4, 0.5) is 0 Å². The molecule has 0 spiro atoms. The predicted octanol–water partition coefficient (Wildman–Crippen LogP) is 2.12. The molecule has 0 aromatic carbocycles. The number of hydrogen-bond donors (Lipinski definition) is 1. The van der Waals surface area contributed by atoms with Crippen molar-refractivity contribution < 1.29 is 14.0 Å². The fourth-order valence-corrected chi connectivity index (χ4v) is 4.28. The molecule has 1 fully saturated rings. The minimum atomic E-state index is -0.280. The van der Waals surface area contributed by atoms with Gasteiger partial charge in [0, 0.05) is 44.3 Å². The Morgan fingerprint density at radius 1 is 1.31 bits per heavy atom. The van der Waals surface area contributed by atoms with Crippen LogP contribution >= 0.6 is 0 Å². The number of nitrogens with one attached hydrogen (secondary N) is 1. The largest absolute Gasteiger partial charge is 0.469 e. The second kappa shape index (κ2) is 6.63. The molecule has 0 bridgehead atoms. The second-order valence-corrected chi connectivity index (χ2v) is 7.29. The molecule has 7 nitrogen and oxygen atoms in total. The number of aryl methyl sites for hydroxylation is 2. The SMILES string of the molecule is CN1C(=O)CC[C@H](C(=O)N[C@@H]2CCCc3occc32)[C@H]1c1cnn(C)c1. The standard InChI is InChI=1S/C19H24N4O3/c1-22-11-12(10-20-22)18-14(6-7-17(24)23(18)2)19(25)21-15-4-3-5-16-13(15)8-9-26-16/h8-11,14-15,18H,3-7H2,1-2H3,(H,21,25)/t14-,15+,18+/m0/s1. The van der Waals surface area contributed by atoms with Gasteiger partial charge in [-0.15, -0.1) is 0 Å². The van der Waals surface area contributed by atoms with Crippen molar-refractivity contribution in [3.63, 3.8) is 0 Å². The van der Waals surface area contributed by atoms with E-state index in [2.05, 4.69) is 10.4 Å². The van der Waals surface area contributed by atoms with Crippen LogP contribution in [0.15, 0.2) is 29.1 Å². The maximum absolute atomic E-state index is 13.1. The molecule has 7 heteroatoms. The van der Waals surface area contributed by atoms with Gasteiger partial charge in [-0.25, -0.2) is 0 Å². The molecule has 26 heavy (non-hydrogen) atoms. The van der Waals surface area contributed by atoms with E-state index in [4.69, 9.17) is 4.42 Å². The highest BCUT2D eigenvalue weighted by Crippen LogP contribution is 2.37.